The Labute approximate surface area is 144 Å². The SMILES string of the molecule is CCN(CC)C1CCN(C(=O)NCCCc2cccc(Cl)c2)C1. The van der Waals surface area contributed by atoms with E-state index >= 15 is 0 Å². The predicted molar refractivity (Wildman–Crippen MR) is 96.1 cm³/mol. The lowest BCUT2D eigenvalue weighted by atomic mass is 10.1. The molecule has 1 heterocycles. The van der Waals surface area contributed by atoms with Crippen LogP contribution in [0, 0.1) is 0 Å². The van der Waals surface area contributed by atoms with Crippen LogP contribution in [-0.4, -0.2) is 54.6 Å². The van der Waals surface area contributed by atoms with Crippen molar-refractivity contribution in [3.05, 3.63) is 34.9 Å². The van der Waals surface area contributed by atoms with Gasteiger partial charge in [0.2, 0.25) is 0 Å². The summed E-state index contributed by atoms with van der Waals surface area (Å²) in [5.41, 5.74) is 1.22. The fourth-order valence-corrected chi connectivity index (χ4v) is 3.47. The summed E-state index contributed by atoms with van der Waals surface area (Å²) >= 11 is 5.98. The number of benzene rings is 1. The molecule has 0 spiro atoms. The number of carbonyl (C=O) groups excluding carboxylic acids is 1. The van der Waals surface area contributed by atoms with E-state index in [-0.39, 0.29) is 6.03 Å². The Balaban J connectivity index is 1.67. The molecule has 1 aliphatic rings. The van der Waals surface area contributed by atoms with Crippen molar-refractivity contribution in [1.29, 1.82) is 0 Å². The molecule has 1 saturated heterocycles. The number of nitrogens with zero attached hydrogens (tertiary/aromatic N) is 2. The van der Waals surface area contributed by atoms with E-state index in [1.165, 1.54) is 5.56 Å². The second-order valence-corrected chi connectivity index (χ2v) is 6.51. The highest BCUT2D eigenvalue weighted by Gasteiger charge is 2.28. The number of carbonyl (C=O) groups is 1. The van der Waals surface area contributed by atoms with E-state index in [0.717, 1.165) is 50.5 Å². The highest BCUT2D eigenvalue weighted by atomic mass is 35.5. The first-order chi connectivity index (χ1) is 11.1. The van der Waals surface area contributed by atoms with Crippen molar-refractivity contribution in [2.45, 2.75) is 39.2 Å². The van der Waals surface area contributed by atoms with Gasteiger partial charge in [0.1, 0.15) is 0 Å². The van der Waals surface area contributed by atoms with Gasteiger partial charge in [-0.1, -0.05) is 37.6 Å². The third-order valence-electron chi connectivity index (χ3n) is 4.59. The van der Waals surface area contributed by atoms with Crippen LogP contribution in [0.1, 0.15) is 32.3 Å². The Morgan fingerprint density at radius 3 is 2.87 bits per heavy atom. The summed E-state index contributed by atoms with van der Waals surface area (Å²) in [5.74, 6) is 0. The van der Waals surface area contributed by atoms with Gasteiger partial charge >= 0.3 is 6.03 Å². The van der Waals surface area contributed by atoms with Crippen molar-refractivity contribution in [2.24, 2.45) is 0 Å². The molecule has 1 aromatic rings. The molecule has 1 aliphatic heterocycles. The van der Waals surface area contributed by atoms with Crippen LogP contribution in [0.5, 0.6) is 0 Å². The molecule has 23 heavy (non-hydrogen) atoms. The van der Waals surface area contributed by atoms with E-state index in [0.29, 0.717) is 12.6 Å². The minimum absolute atomic E-state index is 0.0748. The van der Waals surface area contributed by atoms with Crippen LogP contribution in [0.15, 0.2) is 24.3 Å². The molecule has 1 aromatic carbocycles. The summed E-state index contributed by atoms with van der Waals surface area (Å²) in [4.78, 5) is 16.6. The lowest BCUT2D eigenvalue weighted by Gasteiger charge is -2.26. The first-order valence-corrected chi connectivity index (χ1v) is 9.03. The largest absolute Gasteiger partial charge is 0.338 e. The fraction of sp³-hybridized carbons (Fsp3) is 0.611. The second-order valence-electron chi connectivity index (χ2n) is 6.08. The van der Waals surface area contributed by atoms with Gasteiger partial charge in [-0.15, -0.1) is 0 Å². The lowest BCUT2D eigenvalue weighted by molar-refractivity contribution is 0.193. The van der Waals surface area contributed by atoms with Gasteiger partial charge in [-0.25, -0.2) is 4.79 Å². The summed E-state index contributed by atoms with van der Waals surface area (Å²) < 4.78 is 0. The van der Waals surface area contributed by atoms with Gasteiger partial charge in [-0.3, -0.25) is 4.90 Å². The molecule has 1 fully saturated rings. The molecular formula is C18H28ClN3O. The standard InChI is InChI=1S/C18H28ClN3O/c1-3-21(4-2)17-10-12-22(14-17)18(23)20-11-6-8-15-7-5-9-16(19)13-15/h5,7,9,13,17H,3-4,6,8,10-12,14H2,1-2H3,(H,20,23). The lowest BCUT2D eigenvalue weighted by Crippen LogP contribution is -2.42. The predicted octanol–water partition coefficient (Wildman–Crippen LogP) is 3.40. The van der Waals surface area contributed by atoms with Gasteiger partial charge in [0.05, 0.1) is 0 Å². The molecule has 4 nitrogen and oxygen atoms in total. The van der Waals surface area contributed by atoms with E-state index in [1.807, 2.05) is 23.1 Å². The molecule has 5 heteroatoms. The van der Waals surface area contributed by atoms with Crippen LogP contribution in [0.4, 0.5) is 4.79 Å². The van der Waals surface area contributed by atoms with E-state index < -0.39 is 0 Å². The summed E-state index contributed by atoms with van der Waals surface area (Å²) in [7, 11) is 0. The molecule has 128 valence electrons. The van der Waals surface area contributed by atoms with Crippen molar-refractivity contribution >= 4 is 17.6 Å². The Morgan fingerprint density at radius 1 is 1.39 bits per heavy atom. The Kier molecular flexibility index (Phi) is 7.18. The van der Waals surface area contributed by atoms with E-state index in [4.69, 9.17) is 11.6 Å². The van der Waals surface area contributed by atoms with Crippen molar-refractivity contribution in [3.63, 3.8) is 0 Å². The summed E-state index contributed by atoms with van der Waals surface area (Å²) in [5, 5.41) is 3.81. The number of rotatable bonds is 7. The molecule has 0 saturated carbocycles. The molecule has 1 atom stereocenters. The maximum absolute atomic E-state index is 12.2. The summed E-state index contributed by atoms with van der Waals surface area (Å²) in [6.45, 7) is 8.89. The summed E-state index contributed by atoms with van der Waals surface area (Å²) in [6, 6.07) is 8.50. The van der Waals surface area contributed by atoms with Crippen molar-refractivity contribution in [1.82, 2.24) is 15.1 Å². The zero-order valence-electron chi connectivity index (χ0n) is 14.2. The zero-order valence-corrected chi connectivity index (χ0v) is 15.0. The van der Waals surface area contributed by atoms with Gasteiger partial charge in [0.25, 0.3) is 0 Å². The number of hydrogen-bond acceptors (Lipinski definition) is 2. The van der Waals surface area contributed by atoms with Crippen molar-refractivity contribution < 1.29 is 4.79 Å². The Bertz CT molecular complexity index is 505. The molecule has 1 N–H and O–H groups in total. The Hall–Kier alpha value is -1.26. The molecular weight excluding hydrogens is 310 g/mol. The molecule has 2 rings (SSSR count). The molecule has 0 aromatic heterocycles. The molecule has 0 radical (unpaired) electrons. The number of aryl methyl sites for hydroxylation is 1. The number of likely N-dealkylation sites (N-methyl/N-ethyl adjacent to an activating group) is 1. The average molecular weight is 338 g/mol. The number of amides is 2. The topological polar surface area (TPSA) is 35.6 Å². The quantitative estimate of drug-likeness (QED) is 0.774. The van der Waals surface area contributed by atoms with E-state index in [1.54, 1.807) is 0 Å². The third kappa shape index (κ3) is 5.40. The minimum Gasteiger partial charge on any atom is -0.338 e. The first-order valence-electron chi connectivity index (χ1n) is 8.65. The minimum atomic E-state index is 0.0748. The van der Waals surface area contributed by atoms with E-state index in [9.17, 15) is 4.79 Å². The normalized spacial score (nSPS) is 17.7. The van der Waals surface area contributed by atoms with Gasteiger partial charge in [0.15, 0.2) is 0 Å². The molecule has 1 unspecified atom stereocenters. The molecule has 2 amide bonds. The third-order valence-corrected chi connectivity index (χ3v) is 4.82. The van der Waals surface area contributed by atoms with Crippen LogP contribution in [-0.2, 0) is 6.42 Å². The van der Waals surface area contributed by atoms with Crippen LogP contribution in [0.3, 0.4) is 0 Å². The van der Waals surface area contributed by atoms with Crippen LogP contribution in [0.25, 0.3) is 0 Å². The smallest absolute Gasteiger partial charge is 0.317 e. The van der Waals surface area contributed by atoms with Crippen LogP contribution >= 0.6 is 11.6 Å². The second kappa shape index (κ2) is 9.14. The van der Waals surface area contributed by atoms with Crippen molar-refractivity contribution in [3.8, 4) is 0 Å². The van der Waals surface area contributed by atoms with Crippen LogP contribution < -0.4 is 5.32 Å². The van der Waals surface area contributed by atoms with Gasteiger partial charge in [-0.05, 0) is 50.0 Å². The Morgan fingerprint density at radius 2 is 2.17 bits per heavy atom. The fourth-order valence-electron chi connectivity index (χ4n) is 3.26. The zero-order chi connectivity index (χ0) is 16.7. The molecule has 0 aliphatic carbocycles. The van der Waals surface area contributed by atoms with Gasteiger partial charge in [0, 0.05) is 30.7 Å². The van der Waals surface area contributed by atoms with E-state index in [2.05, 4.69) is 30.1 Å². The number of halogens is 1. The average Bonchev–Trinajstić information content (AvgIpc) is 3.02. The van der Waals surface area contributed by atoms with Gasteiger partial charge in [-0.2, -0.15) is 0 Å². The first kappa shape index (κ1) is 18.1. The number of urea groups is 1. The number of nitrogens with one attached hydrogen (secondary N) is 1. The maximum atomic E-state index is 12.2. The van der Waals surface area contributed by atoms with Crippen LogP contribution in [0.2, 0.25) is 5.02 Å². The highest BCUT2D eigenvalue weighted by molar-refractivity contribution is 6.30. The number of hydrogen-bond donors (Lipinski definition) is 1. The monoisotopic (exact) mass is 337 g/mol. The summed E-state index contributed by atoms with van der Waals surface area (Å²) in [6.07, 6.45) is 2.94. The van der Waals surface area contributed by atoms with Crippen molar-refractivity contribution in [2.75, 3.05) is 32.7 Å². The number of likely N-dealkylation sites (tertiary alicyclic amines) is 1. The van der Waals surface area contributed by atoms with Gasteiger partial charge < -0.3 is 10.2 Å². The maximum Gasteiger partial charge on any atom is 0.317 e. The highest BCUT2D eigenvalue weighted by Crippen LogP contribution is 2.15. The molecule has 0 bridgehead atoms.